The molecule has 25 heavy (non-hydrogen) atoms. The van der Waals surface area contributed by atoms with Gasteiger partial charge in [-0.15, -0.1) is 0 Å². The van der Waals surface area contributed by atoms with Crippen molar-refractivity contribution in [1.29, 1.82) is 0 Å². The van der Waals surface area contributed by atoms with Gasteiger partial charge in [-0.05, 0) is 62.4 Å². The van der Waals surface area contributed by atoms with Gasteiger partial charge < -0.3 is 14.8 Å². The Morgan fingerprint density at radius 2 is 1.52 bits per heavy atom. The van der Waals surface area contributed by atoms with Crippen LogP contribution in [0.5, 0.6) is 11.5 Å². The number of hydrogen-bond acceptors (Lipinski definition) is 6. The lowest BCUT2D eigenvalue weighted by atomic mass is 10.3. The SMILES string of the molecule is CCOc1ccc(Nc2nsc(=O)n2-c2ccc(OCC)cc2)cc1. The maximum absolute atomic E-state index is 12.2. The van der Waals surface area contributed by atoms with Crippen molar-refractivity contribution in [1.82, 2.24) is 8.94 Å². The summed E-state index contributed by atoms with van der Waals surface area (Å²) in [7, 11) is 0. The summed E-state index contributed by atoms with van der Waals surface area (Å²) in [5, 5.41) is 3.18. The molecule has 0 aliphatic heterocycles. The lowest BCUT2D eigenvalue weighted by Gasteiger charge is -2.10. The Balaban J connectivity index is 1.85. The van der Waals surface area contributed by atoms with E-state index in [4.69, 9.17) is 9.47 Å². The molecule has 0 spiro atoms. The van der Waals surface area contributed by atoms with Gasteiger partial charge in [0.2, 0.25) is 5.95 Å². The summed E-state index contributed by atoms with van der Waals surface area (Å²) in [6.07, 6.45) is 0. The molecule has 0 fully saturated rings. The van der Waals surface area contributed by atoms with E-state index in [1.54, 1.807) is 0 Å². The molecule has 0 bridgehead atoms. The molecule has 0 radical (unpaired) electrons. The molecule has 0 aliphatic rings. The van der Waals surface area contributed by atoms with Gasteiger partial charge in [0.15, 0.2) is 0 Å². The highest BCUT2D eigenvalue weighted by atomic mass is 32.1. The van der Waals surface area contributed by atoms with Gasteiger partial charge in [0.25, 0.3) is 0 Å². The van der Waals surface area contributed by atoms with Gasteiger partial charge in [0, 0.05) is 17.2 Å². The van der Waals surface area contributed by atoms with Crippen molar-refractivity contribution in [2.75, 3.05) is 18.5 Å². The minimum absolute atomic E-state index is 0.155. The van der Waals surface area contributed by atoms with Crippen LogP contribution in [-0.4, -0.2) is 22.2 Å². The van der Waals surface area contributed by atoms with Gasteiger partial charge in [0.1, 0.15) is 11.5 Å². The molecule has 0 unspecified atom stereocenters. The highest BCUT2D eigenvalue weighted by molar-refractivity contribution is 7.03. The largest absolute Gasteiger partial charge is 0.494 e. The number of nitrogens with zero attached hydrogens (tertiary/aromatic N) is 2. The zero-order chi connectivity index (χ0) is 17.6. The number of anilines is 2. The maximum Gasteiger partial charge on any atom is 0.332 e. The minimum Gasteiger partial charge on any atom is -0.494 e. The fourth-order valence-corrected chi connectivity index (χ4v) is 2.91. The van der Waals surface area contributed by atoms with Crippen LogP contribution in [0.2, 0.25) is 0 Å². The Morgan fingerprint density at radius 3 is 2.08 bits per heavy atom. The van der Waals surface area contributed by atoms with Crippen molar-refractivity contribution in [3.05, 3.63) is 58.2 Å². The third kappa shape index (κ3) is 4.00. The smallest absolute Gasteiger partial charge is 0.332 e. The Hall–Kier alpha value is -2.80. The van der Waals surface area contributed by atoms with Crippen LogP contribution in [0.4, 0.5) is 11.6 Å². The molecule has 2 aromatic carbocycles. The van der Waals surface area contributed by atoms with Crippen LogP contribution in [-0.2, 0) is 0 Å². The number of rotatable bonds is 7. The Bertz CT molecular complexity index is 870. The molecule has 1 aromatic heterocycles. The summed E-state index contributed by atoms with van der Waals surface area (Å²) in [6.45, 7) is 5.09. The number of ether oxygens (including phenoxy) is 2. The summed E-state index contributed by atoms with van der Waals surface area (Å²) in [5.74, 6) is 2.04. The maximum atomic E-state index is 12.2. The first-order chi connectivity index (χ1) is 12.2. The second-order valence-electron chi connectivity index (χ2n) is 5.12. The first kappa shape index (κ1) is 17.0. The van der Waals surface area contributed by atoms with E-state index in [-0.39, 0.29) is 4.87 Å². The van der Waals surface area contributed by atoms with Crippen LogP contribution < -0.4 is 19.7 Å². The van der Waals surface area contributed by atoms with Crippen LogP contribution in [0, 0.1) is 0 Å². The number of aromatic nitrogens is 2. The molecule has 6 nitrogen and oxygen atoms in total. The molecule has 0 atom stereocenters. The highest BCUT2D eigenvalue weighted by Crippen LogP contribution is 2.22. The van der Waals surface area contributed by atoms with Gasteiger partial charge >= 0.3 is 4.87 Å². The zero-order valence-corrected chi connectivity index (χ0v) is 14.9. The summed E-state index contributed by atoms with van der Waals surface area (Å²) in [4.78, 5) is 12.1. The topological polar surface area (TPSA) is 65.4 Å². The number of hydrogen-bond donors (Lipinski definition) is 1. The van der Waals surface area contributed by atoms with Crippen LogP contribution in [0.1, 0.15) is 13.8 Å². The summed E-state index contributed by atoms with van der Waals surface area (Å²) in [6, 6.07) is 14.9. The minimum atomic E-state index is -0.155. The van der Waals surface area contributed by atoms with E-state index in [0.29, 0.717) is 19.2 Å². The summed E-state index contributed by atoms with van der Waals surface area (Å²) < 4.78 is 16.6. The van der Waals surface area contributed by atoms with Gasteiger partial charge in [-0.2, -0.15) is 4.37 Å². The molecule has 0 amide bonds. The molecular formula is C18H19N3O3S. The molecule has 7 heteroatoms. The van der Waals surface area contributed by atoms with Crippen molar-refractivity contribution in [3.8, 4) is 17.2 Å². The Labute approximate surface area is 149 Å². The van der Waals surface area contributed by atoms with Gasteiger partial charge in [-0.3, -0.25) is 4.79 Å². The van der Waals surface area contributed by atoms with E-state index < -0.39 is 0 Å². The van der Waals surface area contributed by atoms with Crippen molar-refractivity contribution in [3.63, 3.8) is 0 Å². The molecule has 0 saturated heterocycles. The highest BCUT2D eigenvalue weighted by Gasteiger charge is 2.11. The van der Waals surface area contributed by atoms with Gasteiger partial charge in [-0.1, -0.05) is 0 Å². The normalized spacial score (nSPS) is 10.5. The zero-order valence-electron chi connectivity index (χ0n) is 14.1. The predicted octanol–water partition coefficient (Wildman–Crippen LogP) is 3.84. The van der Waals surface area contributed by atoms with E-state index >= 15 is 0 Å². The van der Waals surface area contributed by atoms with Crippen molar-refractivity contribution in [2.45, 2.75) is 13.8 Å². The molecule has 0 aliphatic carbocycles. The van der Waals surface area contributed by atoms with Crippen LogP contribution in [0.15, 0.2) is 53.3 Å². The average Bonchev–Trinajstić information content (AvgIpc) is 2.98. The second-order valence-corrected chi connectivity index (χ2v) is 5.83. The molecule has 0 saturated carbocycles. The van der Waals surface area contributed by atoms with Crippen LogP contribution in [0.3, 0.4) is 0 Å². The monoisotopic (exact) mass is 357 g/mol. The summed E-state index contributed by atoms with van der Waals surface area (Å²) >= 11 is 0.910. The second kappa shape index (κ2) is 7.85. The van der Waals surface area contributed by atoms with Crippen LogP contribution >= 0.6 is 11.5 Å². The predicted molar refractivity (Wildman–Crippen MR) is 99.8 cm³/mol. The van der Waals surface area contributed by atoms with Crippen molar-refractivity contribution < 1.29 is 9.47 Å². The fourth-order valence-electron chi connectivity index (χ4n) is 2.35. The van der Waals surface area contributed by atoms with E-state index in [0.717, 1.165) is 34.4 Å². The molecule has 130 valence electrons. The Morgan fingerprint density at radius 1 is 0.960 bits per heavy atom. The standard InChI is InChI=1S/C18H19N3O3S/c1-3-23-15-9-5-13(6-10-15)19-17-20-25-18(22)21(17)14-7-11-16(12-8-14)24-4-2/h5-12H,3-4H2,1-2H3,(H,19,20). The lowest BCUT2D eigenvalue weighted by Crippen LogP contribution is -2.13. The quantitative estimate of drug-likeness (QED) is 0.696. The van der Waals surface area contributed by atoms with Gasteiger partial charge in [-0.25, -0.2) is 4.57 Å². The van der Waals surface area contributed by atoms with E-state index in [2.05, 4.69) is 9.69 Å². The first-order valence-corrected chi connectivity index (χ1v) is 8.80. The van der Waals surface area contributed by atoms with E-state index in [1.807, 2.05) is 62.4 Å². The third-order valence-electron chi connectivity index (χ3n) is 3.43. The fraction of sp³-hybridized carbons (Fsp3) is 0.222. The van der Waals surface area contributed by atoms with Gasteiger partial charge in [0.05, 0.1) is 18.9 Å². The van der Waals surface area contributed by atoms with E-state index in [9.17, 15) is 4.79 Å². The van der Waals surface area contributed by atoms with Crippen molar-refractivity contribution >= 4 is 23.2 Å². The number of benzene rings is 2. The first-order valence-electron chi connectivity index (χ1n) is 8.03. The molecule has 3 rings (SSSR count). The lowest BCUT2D eigenvalue weighted by molar-refractivity contribution is 0.340. The molecule has 1 N–H and O–H groups in total. The Kier molecular flexibility index (Phi) is 5.35. The van der Waals surface area contributed by atoms with Crippen LogP contribution in [0.25, 0.3) is 5.69 Å². The number of nitrogens with one attached hydrogen (secondary N) is 1. The van der Waals surface area contributed by atoms with E-state index in [1.165, 1.54) is 4.57 Å². The summed E-state index contributed by atoms with van der Waals surface area (Å²) in [5.41, 5.74) is 1.56. The molecule has 1 heterocycles. The average molecular weight is 357 g/mol. The van der Waals surface area contributed by atoms with Crippen molar-refractivity contribution in [2.24, 2.45) is 0 Å². The molecular weight excluding hydrogens is 338 g/mol. The third-order valence-corrected chi connectivity index (χ3v) is 4.03. The molecule has 3 aromatic rings.